The van der Waals surface area contributed by atoms with Gasteiger partial charge in [0, 0.05) is 23.5 Å². The van der Waals surface area contributed by atoms with E-state index in [9.17, 15) is 14.7 Å². The number of aliphatic hydroxyl groups is 1. The van der Waals surface area contributed by atoms with Gasteiger partial charge >= 0.3 is 5.69 Å². The van der Waals surface area contributed by atoms with Crippen molar-refractivity contribution >= 4 is 5.91 Å². The number of ether oxygens (including phenoxy) is 1. The molecule has 21 heavy (non-hydrogen) atoms. The third-order valence-corrected chi connectivity index (χ3v) is 3.81. The van der Waals surface area contributed by atoms with Crippen molar-refractivity contribution in [1.29, 1.82) is 0 Å². The molecule has 7 heteroatoms. The number of carbonyl (C=O) groups excluding carboxylic acids is 1. The minimum Gasteiger partial charge on any atom is -0.394 e. The summed E-state index contributed by atoms with van der Waals surface area (Å²) in [5.41, 5.74) is 1.59. The number of aromatic amines is 1. The van der Waals surface area contributed by atoms with Crippen molar-refractivity contribution in [3.05, 3.63) is 27.4 Å². The number of aliphatic hydroxyl groups excluding tert-OH is 1. The molecular formula is C14H21N3O4. The summed E-state index contributed by atoms with van der Waals surface area (Å²) in [6.07, 6.45) is -0.148. The first-order valence-electron chi connectivity index (χ1n) is 7.00. The maximum atomic E-state index is 12.5. The van der Waals surface area contributed by atoms with E-state index in [1.165, 1.54) is 0 Å². The van der Waals surface area contributed by atoms with Gasteiger partial charge in [-0.15, -0.1) is 0 Å². The second-order valence-corrected chi connectivity index (χ2v) is 5.44. The fourth-order valence-electron chi connectivity index (χ4n) is 2.54. The van der Waals surface area contributed by atoms with Crippen LogP contribution < -0.4 is 5.69 Å². The number of nitrogens with one attached hydrogen (secondary N) is 1. The number of carbonyl (C=O) groups is 1. The molecule has 116 valence electrons. The van der Waals surface area contributed by atoms with Crippen molar-refractivity contribution in [2.24, 2.45) is 0 Å². The average molecular weight is 295 g/mol. The van der Waals surface area contributed by atoms with Crippen LogP contribution in [0, 0.1) is 13.8 Å². The quantitative estimate of drug-likeness (QED) is 0.786. The molecule has 2 rings (SSSR count). The molecule has 0 spiro atoms. The maximum Gasteiger partial charge on any atom is 0.345 e. The largest absolute Gasteiger partial charge is 0.394 e. The lowest BCUT2D eigenvalue weighted by Gasteiger charge is -2.37. The molecule has 1 aliphatic heterocycles. The molecule has 0 aromatic carbocycles. The summed E-state index contributed by atoms with van der Waals surface area (Å²) < 4.78 is 5.43. The topological polar surface area (TPSA) is 95.5 Å². The van der Waals surface area contributed by atoms with E-state index in [1.807, 2.05) is 6.92 Å². The van der Waals surface area contributed by atoms with Crippen LogP contribution in [0.4, 0.5) is 0 Å². The van der Waals surface area contributed by atoms with Crippen molar-refractivity contribution in [3.8, 4) is 0 Å². The number of aromatic nitrogens is 2. The number of amides is 1. The molecule has 0 aliphatic carbocycles. The second-order valence-electron chi connectivity index (χ2n) is 5.44. The molecule has 0 bridgehead atoms. The maximum absolute atomic E-state index is 12.5. The fourth-order valence-corrected chi connectivity index (χ4v) is 2.54. The number of rotatable bonds is 3. The second kappa shape index (κ2) is 6.36. The van der Waals surface area contributed by atoms with Crippen LogP contribution in [0.2, 0.25) is 0 Å². The predicted octanol–water partition coefficient (Wildman–Crippen LogP) is -0.463. The van der Waals surface area contributed by atoms with E-state index in [2.05, 4.69) is 9.97 Å². The molecule has 2 heterocycles. The van der Waals surface area contributed by atoms with Gasteiger partial charge in [-0.05, 0) is 20.8 Å². The smallest absolute Gasteiger partial charge is 0.345 e. The number of aryl methyl sites for hydroxylation is 2. The Bertz CT molecular complexity index is 558. The van der Waals surface area contributed by atoms with E-state index >= 15 is 0 Å². The minimum absolute atomic E-state index is 0.0309. The highest BCUT2D eigenvalue weighted by Crippen LogP contribution is 2.15. The van der Waals surface area contributed by atoms with E-state index in [1.54, 1.807) is 18.7 Å². The first kappa shape index (κ1) is 15.7. The van der Waals surface area contributed by atoms with Crippen LogP contribution in [0.5, 0.6) is 0 Å². The van der Waals surface area contributed by atoms with Gasteiger partial charge in [0.05, 0.1) is 31.8 Å². The van der Waals surface area contributed by atoms with Crippen molar-refractivity contribution in [2.45, 2.75) is 39.3 Å². The van der Waals surface area contributed by atoms with Crippen LogP contribution in [0.1, 0.15) is 23.9 Å². The monoisotopic (exact) mass is 295 g/mol. The highest BCUT2D eigenvalue weighted by molar-refractivity contribution is 5.79. The van der Waals surface area contributed by atoms with Gasteiger partial charge in [-0.2, -0.15) is 4.98 Å². The third kappa shape index (κ3) is 3.48. The highest BCUT2D eigenvalue weighted by atomic mass is 16.5. The Kier molecular flexibility index (Phi) is 4.74. The standard InChI is InChI=1S/C14H21N3O4/c1-8-7-21-11(6-18)5-17(8)13(19)4-12-9(2)15-14(20)16-10(12)3/h8,11,18H,4-7H2,1-3H3,(H,15,16,20). The van der Waals surface area contributed by atoms with Gasteiger partial charge in [0.1, 0.15) is 0 Å². The van der Waals surface area contributed by atoms with E-state index in [4.69, 9.17) is 4.74 Å². The van der Waals surface area contributed by atoms with Crippen LogP contribution in [-0.2, 0) is 16.0 Å². The van der Waals surface area contributed by atoms with Crippen LogP contribution in [-0.4, -0.2) is 57.8 Å². The summed E-state index contributed by atoms with van der Waals surface area (Å²) in [6.45, 7) is 6.09. The first-order chi connectivity index (χ1) is 9.92. The number of morpholine rings is 1. The fraction of sp³-hybridized carbons (Fsp3) is 0.643. The van der Waals surface area contributed by atoms with Gasteiger partial charge in [-0.1, -0.05) is 0 Å². The molecule has 2 atom stereocenters. The zero-order valence-corrected chi connectivity index (χ0v) is 12.5. The molecule has 2 unspecified atom stereocenters. The molecule has 1 fully saturated rings. The Balaban J connectivity index is 2.16. The summed E-state index contributed by atoms with van der Waals surface area (Å²) in [7, 11) is 0. The lowest BCUT2D eigenvalue weighted by molar-refractivity contribution is -0.145. The van der Waals surface area contributed by atoms with Gasteiger partial charge in [0.25, 0.3) is 0 Å². The summed E-state index contributed by atoms with van der Waals surface area (Å²) in [6, 6.07) is -0.0309. The van der Waals surface area contributed by atoms with E-state index in [0.29, 0.717) is 24.5 Å². The van der Waals surface area contributed by atoms with Crippen molar-refractivity contribution in [3.63, 3.8) is 0 Å². The molecular weight excluding hydrogens is 274 g/mol. The summed E-state index contributed by atoms with van der Waals surface area (Å²) in [5.74, 6) is -0.0516. The SMILES string of the molecule is Cc1nc(=O)[nH]c(C)c1CC(=O)N1CC(CO)OCC1C. The number of H-pyrrole nitrogens is 1. The molecule has 1 aromatic rings. The van der Waals surface area contributed by atoms with Gasteiger partial charge in [0.15, 0.2) is 0 Å². The molecule has 2 N–H and O–H groups in total. The number of nitrogens with zero attached hydrogens (tertiary/aromatic N) is 2. The normalized spacial score (nSPS) is 22.4. The zero-order valence-electron chi connectivity index (χ0n) is 12.5. The first-order valence-corrected chi connectivity index (χ1v) is 7.00. The summed E-state index contributed by atoms with van der Waals surface area (Å²) in [5, 5.41) is 9.17. The van der Waals surface area contributed by atoms with Crippen LogP contribution in [0.15, 0.2) is 4.79 Å². The Morgan fingerprint density at radius 2 is 2.24 bits per heavy atom. The molecule has 1 amide bonds. The van der Waals surface area contributed by atoms with Crippen LogP contribution >= 0.6 is 0 Å². The predicted molar refractivity (Wildman–Crippen MR) is 76.0 cm³/mol. The number of hydrogen-bond donors (Lipinski definition) is 2. The van der Waals surface area contributed by atoms with Crippen molar-refractivity contribution < 1.29 is 14.6 Å². The highest BCUT2D eigenvalue weighted by Gasteiger charge is 2.29. The van der Waals surface area contributed by atoms with E-state index in [0.717, 1.165) is 5.56 Å². The van der Waals surface area contributed by atoms with Gasteiger partial charge in [0.2, 0.25) is 5.91 Å². The molecule has 1 saturated heterocycles. The molecule has 0 saturated carbocycles. The molecule has 0 radical (unpaired) electrons. The van der Waals surface area contributed by atoms with Crippen LogP contribution in [0.3, 0.4) is 0 Å². The van der Waals surface area contributed by atoms with E-state index in [-0.39, 0.29) is 31.1 Å². The van der Waals surface area contributed by atoms with Crippen LogP contribution in [0.25, 0.3) is 0 Å². The van der Waals surface area contributed by atoms with Crippen molar-refractivity contribution in [2.75, 3.05) is 19.8 Å². The van der Waals surface area contributed by atoms with E-state index < -0.39 is 5.69 Å². The van der Waals surface area contributed by atoms with Gasteiger partial charge < -0.3 is 19.7 Å². The lowest BCUT2D eigenvalue weighted by atomic mass is 10.1. The summed E-state index contributed by atoms with van der Waals surface area (Å²) >= 11 is 0. The summed E-state index contributed by atoms with van der Waals surface area (Å²) in [4.78, 5) is 31.9. The number of hydrogen-bond acceptors (Lipinski definition) is 5. The average Bonchev–Trinajstić information content (AvgIpc) is 2.43. The van der Waals surface area contributed by atoms with Crippen molar-refractivity contribution in [1.82, 2.24) is 14.9 Å². The minimum atomic E-state index is -0.402. The molecule has 1 aromatic heterocycles. The third-order valence-electron chi connectivity index (χ3n) is 3.81. The molecule has 7 nitrogen and oxygen atoms in total. The Hall–Kier alpha value is -1.73. The Labute approximate surface area is 123 Å². The van der Waals surface area contributed by atoms with Gasteiger partial charge in [-0.3, -0.25) is 4.79 Å². The Morgan fingerprint density at radius 3 is 2.86 bits per heavy atom. The zero-order chi connectivity index (χ0) is 15.6. The lowest BCUT2D eigenvalue weighted by Crippen LogP contribution is -2.52. The van der Waals surface area contributed by atoms with Gasteiger partial charge in [-0.25, -0.2) is 4.79 Å². The molecule has 1 aliphatic rings. The Morgan fingerprint density at radius 1 is 1.52 bits per heavy atom.